The van der Waals surface area contributed by atoms with Gasteiger partial charge in [0.15, 0.2) is 0 Å². The molecule has 1 heterocycles. The van der Waals surface area contributed by atoms with Crippen LogP contribution in [0.2, 0.25) is 0 Å². The van der Waals surface area contributed by atoms with Crippen LogP contribution in [0.4, 0.5) is 5.69 Å². The largest absolute Gasteiger partial charge is 0.398 e. The van der Waals surface area contributed by atoms with Crippen LogP contribution in [0.3, 0.4) is 0 Å². The van der Waals surface area contributed by atoms with Gasteiger partial charge in [-0.1, -0.05) is 18.1 Å². The van der Waals surface area contributed by atoms with Crippen LogP contribution in [0.5, 0.6) is 0 Å². The van der Waals surface area contributed by atoms with Gasteiger partial charge in [-0.25, -0.2) is 0 Å². The van der Waals surface area contributed by atoms with Gasteiger partial charge in [0.05, 0.1) is 18.6 Å². The minimum atomic E-state index is -0.414. The SMILES string of the molecule is [2H]c1nc([2H])c(-c2c([2H])c([2H])c([2H])c([2H])c2N)s1. The zero-order chi connectivity index (χ0) is 13.6. The van der Waals surface area contributed by atoms with Crippen LogP contribution in [-0.2, 0) is 0 Å². The minimum absolute atomic E-state index is 0.0435. The van der Waals surface area contributed by atoms with Crippen molar-refractivity contribution in [2.24, 2.45) is 0 Å². The summed E-state index contributed by atoms with van der Waals surface area (Å²) < 4.78 is 45.4. The number of hydrogen-bond donors (Lipinski definition) is 1. The molecular weight excluding hydrogens is 168 g/mol. The fourth-order valence-electron chi connectivity index (χ4n) is 0.773. The number of hydrogen-bond acceptors (Lipinski definition) is 3. The first-order valence-corrected chi connectivity index (χ1v) is 3.96. The summed E-state index contributed by atoms with van der Waals surface area (Å²) in [4.78, 5) is 3.78. The molecule has 0 aliphatic heterocycles. The molecule has 0 bridgehead atoms. The highest BCUT2D eigenvalue weighted by atomic mass is 32.1. The summed E-state index contributed by atoms with van der Waals surface area (Å²) in [5.41, 5.74) is 5.51. The van der Waals surface area contributed by atoms with E-state index in [1.165, 1.54) is 0 Å². The Hall–Kier alpha value is -1.35. The van der Waals surface area contributed by atoms with Crippen LogP contribution in [-0.4, -0.2) is 4.98 Å². The minimum Gasteiger partial charge on any atom is -0.398 e. The van der Waals surface area contributed by atoms with E-state index in [9.17, 15) is 0 Å². The van der Waals surface area contributed by atoms with E-state index >= 15 is 0 Å². The average Bonchev–Trinajstić information content (AvgIpc) is 2.64. The zero-order valence-corrected chi connectivity index (χ0v) is 6.75. The molecule has 0 aliphatic carbocycles. The number of rotatable bonds is 1. The third-order valence-electron chi connectivity index (χ3n) is 1.29. The van der Waals surface area contributed by atoms with Crippen LogP contribution in [0.1, 0.15) is 8.22 Å². The summed E-state index contributed by atoms with van der Waals surface area (Å²) in [5.74, 6) is 0. The molecule has 1 aromatic heterocycles. The molecule has 0 spiro atoms. The molecule has 0 saturated heterocycles. The highest BCUT2D eigenvalue weighted by Crippen LogP contribution is 2.27. The summed E-state index contributed by atoms with van der Waals surface area (Å²) in [7, 11) is 0. The van der Waals surface area contributed by atoms with Gasteiger partial charge in [-0.15, -0.1) is 11.3 Å². The van der Waals surface area contributed by atoms with E-state index in [4.69, 9.17) is 14.0 Å². The number of nitrogens with zero attached hydrogens (tertiary/aromatic N) is 1. The van der Waals surface area contributed by atoms with Gasteiger partial charge < -0.3 is 5.73 Å². The first kappa shape index (κ1) is 3.18. The maximum Gasteiger partial charge on any atom is 0.0960 e. The molecule has 12 heavy (non-hydrogen) atoms. The first-order chi connectivity index (χ1) is 8.34. The molecule has 1 aromatic carbocycles. The third kappa shape index (κ3) is 1.19. The molecule has 0 unspecified atom stereocenters. The quantitative estimate of drug-likeness (QED) is 0.688. The van der Waals surface area contributed by atoms with Crippen LogP contribution in [0.25, 0.3) is 10.4 Å². The van der Waals surface area contributed by atoms with E-state index in [0.29, 0.717) is 0 Å². The van der Waals surface area contributed by atoms with Crippen molar-refractivity contribution >= 4 is 17.0 Å². The molecule has 2 nitrogen and oxygen atoms in total. The molecule has 2 aromatic rings. The van der Waals surface area contributed by atoms with E-state index in [2.05, 4.69) is 4.98 Å². The number of aromatic nitrogens is 1. The monoisotopic (exact) mass is 182 g/mol. The van der Waals surface area contributed by atoms with Gasteiger partial charge in [0.25, 0.3) is 0 Å². The summed E-state index contributed by atoms with van der Waals surface area (Å²) in [6, 6.07) is -1.48. The van der Waals surface area contributed by atoms with E-state index in [-0.39, 0.29) is 39.9 Å². The molecule has 0 saturated carbocycles. The number of thiazole rings is 1. The lowest BCUT2D eigenvalue weighted by molar-refractivity contribution is 1.42. The van der Waals surface area contributed by atoms with E-state index in [0.717, 1.165) is 11.3 Å². The predicted octanol–water partition coefficient (Wildman–Crippen LogP) is 2.39. The van der Waals surface area contributed by atoms with Crippen LogP contribution in [0, 0.1) is 0 Å². The highest BCUT2D eigenvalue weighted by molar-refractivity contribution is 7.13. The van der Waals surface area contributed by atoms with Crippen molar-refractivity contribution in [3.8, 4) is 10.4 Å². The maximum absolute atomic E-state index is 7.78. The van der Waals surface area contributed by atoms with E-state index in [1.807, 2.05) is 0 Å². The lowest BCUT2D eigenvalue weighted by Crippen LogP contribution is -1.86. The second-order valence-corrected chi connectivity index (χ2v) is 2.83. The fraction of sp³-hybridized carbons (Fsp3) is 0. The van der Waals surface area contributed by atoms with Crippen molar-refractivity contribution in [3.63, 3.8) is 0 Å². The summed E-state index contributed by atoms with van der Waals surface area (Å²) in [6.45, 7) is 0. The standard InChI is InChI=1S/C9H8N2S/c10-8-4-2-1-3-7(8)9-5-11-6-12-9/h1-6H,10H2/i1D,2D,3D,4D,5D,6D. The fourth-order valence-corrected chi connectivity index (χ4v) is 1.31. The molecule has 0 fully saturated rings. The summed E-state index contributed by atoms with van der Waals surface area (Å²) in [6.07, 6.45) is -0.207. The molecule has 2 N–H and O–H groups in total. The molecular formula is C9H8N2S. The van der Waals surface area contributed by atoms with Crippen molar-refractivity contribution in [3.05, 3.63) is 35.8 Å². The van der Waals surface area contributed by atoms with E-state index < -0.39 is 12.1 Å². The van der Waals surface area contributed by atoms with Crippen molar-refractivity contribution in [2.75, 3.05) is 5.73 Å². The van der Waals surface area contributed by atoms with Crippen molar-refractivity contribution < 1.29 is 8.22 Å². The number of nitrogens with two attached hydrogens (primary N) is 1. The smallest absolute Gasteiger partial charge is 0.0960 e. The Kier molecular flexibility index (Phi) is 0.782. The van der Waals surface area contributed by atoms with Crippen LogP contribution < -0.4 is 5.73 Å². The third-order valence-corrected chi connectivity index (χ3v) is 1.98. The Bertz CT molecular complexity index is 609. The molecule has 0 atom stereocenters. The first-order valence-electron chi connectivity index (χ1n) is 6.14. The van der Waals surface area contributed by atoms with E-state index in [1.54, 1.807) is 0 Å². The molecule has 60 valence electrons. The Morgan fingerprint density at radius 2 is 2.25 bits per heavy atom. The Morgan fingerprint density at radius 3 is 3.00 bits per heavy atom. The van der Waals surface area contributed by atoms with Gasteiger partial charge >= 0.3 is 0 Å². The Labute approximate surface area is 83.1 Å². The van der Waals surface area contributed by atoms with Crippen molar-refractivity contribution in [2.45, 2.75) is 0 Å². The van der Waals surface area contributed by atoms with Gasteiger partial charge in [0.2, 0.25) is 0 Å². The number of nitrogen functional groups attached to an aromatic ring is 1. The number of anilines is 1. The number of benzene rings is 1. The normalized spacial score (nSPS) is 17.0. The lowest BCUT2D eigenvalue weighted by atomic mass is 10.1. The Balaban J connectivity index is 2.84. The van der Waals surface area contributed by atoms with Crippen molar-refractivity contribution in [1.82, 2.24) is 4.98 Å². The molecule has 3 heteroatoms. The van der Waals surface area contributed by atoms with Crippen molar-refractivity contribution in [1.29, 1.82) is 0 Å². The Morgan fingerprint density at radius 1 is 1.42 bits per heavy atom. The lowest BCUT2D eigenvalue weighted by Gasteiger charge is -1.99. The second kappa shape index (κ2) is 2.95. The molecule has 2 rings (SSSR count). The van der Waals surface area contributed by atoms with Crippen LogP contribution in [0.15, 0.2) is 35.8 Å². The molecule has 0 aliphatic rings. The van der Waals surface area contributed by atoms with Gasteiger partial charge in [0, 0.05) is 17.4 Å². The second-order valence-electron chi connectivity index (χ2n) is 2.03. The summed E-state index contributed by atoms with van der Waals surface area (Å²) in [5, 5.41) is 0. The predicted molar refractivity (Wildman–Crippen MR) is 52.0 cm³/mol. The topological polar surface area (TPSA) is 38.9 Å². The van der Waals surface area contributed by atoms with Gasteiger partial charge in [0.1, 0.15) is 0 Å². The number of para-hydroxylation sites is 1. The van der Waals surface area contributed by atoms with Crippen LogP contribution >= 0.6 is 11.3 Å². The van der Waals surface area contributed by atoms with Gasteiger partial charge in [-0.2, -0.15) is 0 Å². The summed E-state index contributed by atoms with van der Waals surface area (Å²) >= 11 is 0.859. The zero-order valence-electron chi connectivity index (χ0n) is 11.9. The molecule has 0 radical (unpaired) electrons. The average molecular weight is 182 g/mol. The van der Waals surface area contributed by atoms with Gasteiger partial charge in [-0.05, 0) is 6.04 Å². The highest BCUT2D eigenvalue weighted by Gasteiger charge is 2.01. The molecule has 0 amide bonds. The van der Waals surface area contributed by atoms with Gasteiger partial charge in [-0.3, -0.25) is 4.98 Å². The maximum atomic E-state index is 7.78.